The summed E-state index contributed by atoms with van der Waals surface area (Å²) in [4.78, 5) is 25.6. The number of benzene rings is 3. The number of carbonyl (C=O) groups is 2. The molecule has 0 aliphatic heterocycles. The Labute approximate surface area is 222 Å². The van der Waals surface area contributed by atoms with Crippen molar-refractivity contribution in [3.05, 3.63) is 94.0 Å². The fourth-order valence-corrected chi connectivity index (χ4v) is 5.19. The Hall–Kier alpha value is -3.40. The number of hydrogen-bond donors (Lipinski definition) is 0. The van der Waals surface area contributed by atoms with Crippen LogP contribution in [0.2, 0.25) is 0 Å². The number of carbonyl (C=O) groups excluding carboxylic acids is 2. The van der Waals surface area contributed by atoms with Crippen molar-refractivity contribution in [2.75, 3.05) is 0 Å². The monoisotopic (exact) mass is 500 g/mol. The highest BCUT2D eigenvalue weighted by atomic mass is 16.5. The van der Waals surface area contributed by atoms with E-state index >= 15 is 0 Å². The van der Waals surface area contributed by atoms with Crippen LogP contribution in [0.4, 0.5) is 0 Å². The molecule has 4 nitrogen and oxygen atoms in total. The maximum Gasteiger partial charge on any atom is 0.343 e. The van der Waals surface area contributed by atoms with Crippen LogP contribution in [0.25, 0.3) is 0 Å². The largest absolute Gasteiger partial charge is 0.423 e. The molecule has 3 aromatic carbocycles. The van der Waals surface area contributed by atoms with E-state index in [1.54, 1.807) is 12.1 Å². The number of ether oxygens (including phenoxy) is 2. The van der Waals surface area contributed by atoms with Gasteiger partial charge in [-0.05, 0) is 91.5 Å². The minimum absolute atomic E-state index is 0.345. The summed E-state index contributed by atoms with van der Waals surface area (Å²) in [6.07, 6.45) is 5.01. The van der Waals surface area contributed by atoms with Crippen LogP contribution in [-0.2, 0) is 12.8 Å². The molecule has 2 bridgehead atoms. The topological polar surface area (TPSA) is 52.6 Å². The third-order valence-electron chi connectivity index (χ3n) is 7.06. The zero-order chi connectivity index (χ0) is 26.9. The first-order valence-electron chi connectivity index (χ1n) is 13.9. The predicted molar refractivity (Wildman–Crippen MR) is 150 cm³/mol. The Kier molecular flexibility index (Phi) is 10.1. The van der Waals surface area contributed by atoms with E-state index in [0.717, 1.165) is 43.2 Å². The molecular weight excluding hydrogens is 460 g/mol. The maximum atomic E-state index is 12.8. The van der Waals surface area contributed by atoms with Gasteiger partial charge in [-0.2, -0.15) is 0 Å². The quantitative estimate of drug-likeness (QED) is 0.251. The Balaban J connectivity index is 0.000000907. The predicted octanol–water partition coefficient (Wildman–Crippen LogP) is 8.67. The van der Waals surface area contributed by atoms with E-state index in [-0.39, 0.29) is 11.9 Å². The van der Waals surface area contributed by atoms with E-state index in [0.29, 0.717) is 34.5 Å². The van der Waals surface area contributed by atoms with E-state index in [4.69, 9.17) is 9.47 Å². The van der Waals surface area contributed by atoms with E-state index in [9.17, 15) is 9.59 Å². The highest BCUT2D eigenvalue weighted by molar-refractivity contribution is 5.92. The van der Waals surface area contributed by atoms with Gasteiger partial charge < -0.3 is 9.47 Å². The zero-order valence-corrected chi connectivity index (χ0v) is 23.1. The summed E-state index contributed by atoms with van der Waals surface area (Å²) in [6.45, 7) is 12.2. The Bertz CT molecular complexity index is 1100. The summed E-state index contributed by atoms with van der Waals surface area (Å²) in [5.74, 6) is 1.16. The van der Waals surface area contributed by atoms with Crippen LogP contribution in [0.1, 0.15) is 116 Å². The lowest BCUT2D eigenvalue weighted by Crippen LogP contribution is -2.14. The van der Waals surface area contributed by atoms with Crippen LogP contribution in [0, 0.1) is 0 Å². The molecule has 0 radical (unpaired) electrons. The molecule has 0 heterocycles. The van der Waals surface area contributed by atoms with Gasteiger partial charge in [0.25, 0.3) is 0 Å². The van der Waals surface area contributed by atoms with Crippen molar-refractivity contribution in [2.24, 2.45) is 0 Å². The molecule has 0 saturated heterocycles. The highest BCUT2D eigenvalue weighted by Crippen LogP contribution is 2.58. The van der Waals surface area contributed by atoms with Crippen molar-refractivity contribution in [1.29, 1.82) is 0 Å². The molecule has 196 valence electrons. The molecule has 4 heteroatoms. The zero-order valence-electron chi connectivity index (χ0n) is 23.1. The number of esters is 2. The lowest BCUT2D eigenvalue weighted by molar-refractivity contribution is 0.0716. The lowest BCUT2D eigenvalue weighted by Gasteiger charge is -2.21. The van der Waals surface area contributed by atoms with Gasteiger partial charge in [0.05, 0.1) is 11.1 Å². The second-order valence-electron chi connectivity index (χ2n) is 8.98. The Morgan fingerprint density at radius 1 is 0.622 bits per heavy atom. The molecule has 1 saturated carbocycles. The van der Waals surface area contributed by atoms with Gasteiger partial charge in [-0.1, -0.05) is 65.8 Å². The SMILES string of the molecule is CC.CC.CCc1ccc(C(=O)Oc2ccc(OC(=O)c3ccc(CC)cc3)c3c2C2CCC3C2)cc1. The molecule has 2 aliphatic rings. The molecule has 0 spiro atoms. The van der Waals surface area contributed by atoms with Crippen molar-refractivity contribution >= 4 is 11.9 Å². The second kappa shape index (κ2) is 13.2. The highest BCUT2D eigenvalue weighted by Gasteiger charge is 2.42. The van der Waals surface area contributed by atoms with Crippen molar-refractivity contribution in [3.8, 4) is 11.5 Å². The van der Waals surface area contributed by atoms with Crippen molar-refractivity contribution in [2.45, 2.75) is 85.5 Å². The minimum atomic E-state index is -0.358. The number of aryl methyl sites for hydroxylation is 2. The van der Waals surface area contributed by atoms with Crippen LogP contribution in [0.15, 0.2) is 60.7 Å². The summed E-state index contributed by atoms with van der Waals surface area (Å²) < 4.78 is 11.7. The van der Waals surface area contributed by atoms with Crippen LogP contribution in [0.5, 0.6) is 11.5 Å². The smallest absolute Gasteiger partial charge is 0.343 e. The van der Waals surface area contributed by atoms with Gasteiger partial charge in [0.1, 0.15) is 11.5 Å². The summed E-state index contributed by atoms with van der Waals surface area (Å²) in [7, 11) is 0. The second-order valence-corrected chi connectivity index (χ2v) is 8.98. The van der Waals surface area contributed by atoms with Gasteiger partial charge in [-0.3, -0.25) is 0 Å². The fourth-order valence-electron chi connectivity index (χ4n) is 5.19. The number of hydrogen-bond acceptors (Lipinski definition) is 4. The van der Waals surface area contributed by atoms with Crippen molar-refractivity contribution in [1.82, 2.24) is 0 Å². The van der Waals surface area contributed by atoms with Crippen LogP contribution in [-0.4, -0.2) is 11.9 Å². The Morgan fingerprint density at radius 3 is 1.30 bits per heavy atom. The third-order valence-corrected chi connectivity index (χ3v) is 7.06. The summed E-state index contributed by atoms with van der Waals surface area (Å²) >= 11 is 0. The average Bonchev–Trinajstić information content (AvgIpc) is 3.60. The Morgan fingerprint density at radius 2 is 0.973 bits per heavy atom. The van der Waals surface area contributed by atoms with Gasteiger partial charge in [0.15, 0.2) is 0 Å². The molecule has 2 aliphatic carbocycles. The third kappa shape index (κ3) is 6.12. The van der Waals surface area contributed by atoms with E-state index in [1.807, 2.05) is 76.2 Å². The fraction of sp³-hybridized carbons (Fsp3) is 0.394. The van der Waals surface area contributed by atoms with Gasteiger partial charge >= 0.3 is 11.9 Å². The average molecular weight is 501 g/mol. The summed E-state index contributed by atoms with van der Waals surface area (Å²) in [5.41, 5.74) is 5.51. The molecule has 0 aromatic heterocycles. The minimum Gasteiger partial charge on any atom is -0.423 e. The number of fused-ring (bicyclic) bond motifs is 5. The summed E-state index contributed by atoms with van der Waals surface area (Å²) in [6, 6.07) is 18.6. The maximum absolute atomic E-state index is 12.8. The van der Waals surface area contributed by atoms with Crippen LogP contribution in [0.3, 0.4) is 0 Å². The first kappa shape index (κ1) is 28.2. The molecule has 2 unspecified atom stereocenters. The number of rotatable bonds is 6. The van der Waals surface area contributed by atoms with Gasteiger partial charge in [0, 0.05) is 11.1 Å². The van der Waals surface area contributed by atoms with Crippen molar-refractivity contribution < 1.29 is 19.1 Å². The molecule has 37 heavy (non-hydrogen) atoms. The van der Waals surface area contributed by atoms with Crippen LogP contribution < -0.4 is 9.47 Å². The van der Waals surface area contributed by atoms with Gasteiger partial charge in [0.2, 0.25) is 0 Å². The summed E-state index contributed by atoms with van der Waals surface area (Å²) in [5, 5.41) is 0. The van der Waals surface area contributed by atoms with Gasteiger partial charge in [-0.15, -0.1) is 0 Å². The first-order valence-corrected chi connectivity index (χ1v) is 13.9. The molecule has 3 aromatic rings. The molecule has 5 rings (SSSR count). The molecule has 0 amide bonds. The van der Waals surface area contributed by atoms with Gasteiger partial charge in [-0.25, -0.2) is 9.59 Å². The van der Waals surface area contributed by atoms with E-state index in [2.05, 4.69) is 13.8 Å². The molecule has 2 atom stereocenters. The molecule has 1 fully saturated rings. The van der Waals surface area contributed by atoms with Crippen molar-refractivity contribution in [3.63, 3.8) is 0 Å². The lowest BCUT2D eigenvalue weighted by atomic mass is 9.90. The standard InChI is InChI=1S/C29H28O4.2C2H6/c1-3-18-5-9-20(10-6-18)28(30)32-24-15-16-25(27-23-14-13-22(17-23)26(24)27)33-29(31)21-11-7-19(4-2)8-12-21;2*1-2/h5-12,15-16,22-23H,3-4,13-14,17H2,1-2H3;2*1-2H3. The molecule has 0 N–H and O–H groups in total. The van der Waals surface area contributed by atoms with Crippen LogP contribution >= 0.6 is 0 Å². The van der Waals surface area contributed by atoms with E-state index < -0.39 is 0 Å². The first-order chi connectivity index (χ1) is 18.1. The molecular formula is C33H40O4. The van der Waals surface area contributed by atoms with E-state index in [1.165, 1.54) is 11.1 Å². The normalized spacial score (nSPS) is 16.5.